The number of nitrogens with one attached hydrogen (secondary N) is 1. The SMILES string of the molecule is CCCCN1C/C=C\CCC(=O)NC[C@H](c2ccccc2)OC(=O)[C@H]2[C@@H]3O[C@@]4(C=C3Br)[C@@H]2C(=O)N(CCO)[C@@H]4C1=O. The lowest BCUT2D eigenvalue weighted by atomic mass is 9.74. The topological polar surface area (TPSA) is 125 Å². The third-order valence-corrected chi connectivity index (χ3v) is 8.99. The molecule has 0 unspecified atom stereocenters. The first-order valence-electron chi connectivity index (χ1n) is 14.3. The van der Waals surface area contributed by atoms with Crippen molar-refractivity contribution in [2.75, 3.05) is 32.8 Å². The minimum Gasteiger partial charge on any atom is -0.455 e. The molecule has 1 aromatic carbocycles. The number of halogens is 1. The average Bonchev–Trinajstić information content (AvgIpc) is 3.55. The number of aliphatic hydroxyl groups excluding tert-OH is 1. The molecular formula is C30H36BrN3O7. The van der Waals surface area contributed by atoms with Gasteiger partial charge in [-0.3, -0.25) is 19.2 Å². The molecule has 3 amide bonds. The number of carbonyl (C=O) groups excluding carboxylic acids is 4. The van der Waals surface area contributed by atoms with Gasteiger partial charge in [-0.2, -0.15) is 0 Å². The van der Waals surface area contributed by atoms with Gasteiger partial charge in [0.1, 0.15) is 29.8 Å². The fourth-order valence-corrected chi connectivity index (χ4v) is 7.11. The minimum atomic E-state index is -1.38. The number of likely N-dealkylation sites (tertiary alicyclic amines) is 1. The number of unbranched alkanes of at least 4 members (excludes halogenated alkanes) is 1. The summed E-state index contributed by atoms with van der Waals surface area (Å²) in [6.07, 6.45) is 6.25. The Labute approximate surface area is 247 Å². The van der Waals surface area contributed by atoms with E-state index in [1.807, 2.05) is 49.4 Å². The number of allylic oxidation sites excluding steroid dienone is 1. The van der Waals surface area contributed by atoms with Crippen molar-refractivity contribution in [1.29, 1.82) is 0 Å². The van der Waals surface area contributed by atoms with Crippen LogP contribution in [0.4, 0.5) is 0 Å². The Bertz CT molecular complexity index is 1240. The predicted octanol–water partition coefficient (Wildman–Crippen LogP) is 2.23. The van der Waals surface area contributed by atoms with Crippen LogP contribution in [0.3, 0.4) is 0 Å². The van der Waals surface area contributed by atoms with Crippen LogP contribution in [0.25, 0.3) is 0 Å². The van der Waals surface area contributed by atoms with Crippen molar-refractivity contribution in [3.05, 3.63) is 58.6 Å². The Morgan fingerprint density at radius 3 is 2.61 bits per heavy atom. The fourth-order valence-electron chi connectivity index (χ4n) is 6.37. The number of amides is 3. The first-order chi connectivity index (χ1) is 19.8. The van der Waals surface area contributed by atoms with E-state index in [9.17, 15) is 24.3 Å². The van der Waals surface area contributed by atoms with Crippen molar-refractivity contribution in [3.8, 4) is 0 Å². The van der Waals surface area contributed by atoms with Crippen LogP contribution < -0.4 is 5.32 Å². The maximum atomic E-state index is 14.2. The van der Waals surface area contributed by atoms with E-state index in [4.69, 9.17) is 9.47 Å². The van der Waals surface area contributed by atoms with Crippen LogP contribution in [0.1, 0.15) is 44.3 Å². The molecule has 2 N–H and O–H groups in total. The molecule has 6 atom stereocenters. The number of esters is 1. The summed E-state index contributed by atoms with van der Waals surface area (Å²) in [5.74, 6) is -3.56. The zero-order chi connectivity index (χ0) is 29.1. The van der Waals surface area contributed by atoms with E-state index in [0.717, 1.165) is 12.8 Å². The molecule has 11 heteroatoms. The molecule has 0 aromatic heterocycles. The molecule has 2 saturated heterocycles. The third-order valence-electron chi connectivity index (χ3n) is 8.31. The summed E-state index contributed by atoms with van der Waals surface area (Å²) in [7, 11) is 0. The van der Waals surface area contributed by atoms with Gasteiger partial charge in [0.25, 0.3) is 0 Å². The summed E-state index contributed by atoms with van der Waals surface area (Å²) < 4.78 is 13.0. The molecule has 0 radical (unpaired) electrons. The van der Waals surface area contributed by atoms with Gasteiger partial charge in [-0.1, -0.05) is 71.8 Å². The second kappa shape index (κ2) is 12.5. The van der Waals surface area contributed by atoms with Gasteiger partial charge < -0.3 is 29.7 Å². The third kappa shape index (κ3) is 5.47. The molecule has 0 saturated carbocycles. The first kappa shape index (κ1) is 29.5. The molecule has 1 spiro atoms. The number of cyclic esters (lactones) is 1. The molecule has 5 rings (SSSR count). The lowest BCUT2D eigenvalue weighted by Crippen LogP contribution is -2.56. The molecule has 4 aliphatic heterocycles. The molecule has 2 fully saturated rings. The van der Waals surface area contributed by atoms with E-state index in [2.05, 4.69) is 21.2 Å². The fraction of sp³-hybridized carbons (Fsp3) is 0.533. The lowest BCUT2D eigenvalue weighted by Gasteiger charge is -2.35. The van der Waals surface area contributed by atoms with Crippen LogP contribution in [0.2, 0.25) is 0 Å². The highest BCUT2D eigenvalue weighted by atomic mass is 79.9. The Hall–Kier alpha value is -3.02. The van der Waals surface area contributed by atoms with Crippen molar-refractivity contribution in [2.24, 2.45) is 11.8 Å². The standard InChI is InChI=1S/C30H36BrN3O7/c1-2-3-13-33-14-9-5-8-12-22(36)32-18-21(19-10-6-4-7-11-19)40-29(39)23-24-27(37)34(15-16-35)26(28(33)38)30(24)17-20(31)25(23)41-30/h4-7,9-11,17,21,23-26,35H,2-3,8,12-16,18H2,1H3,(H,32,36)/b9-5-/t21-,23-,24+,25-,26-,30+/m1/s1. The van der Waals surface area contributed by atoms with Crippen molar-refractivity contribution in [2.45, 2.75) is 56.5 Å². The number of benzene rings is 1. The number of fused-ring (bicyclic) bond motifs is 2. The highest BCUT2D eigenvalue weighted by Gasteiger charge is 2.74. The van der Waals surface area contributed by atoms with Crippen molar-refractivity contribution in [3.63, 3.8) is 0 Å². The summed E-state index contributed by atoms with van der Waals surface area (Å²) >= 11 is 3.54. The molecule has 4 aliphatic rings. The van der Waals surface area contributed by atoms with Gasteiger partial charge in [-0.15, -0.1) is 0 Å². The lowest BCUT2D eigenvalue weighted by molar-refractivity contribution is -0.160. The van der Waals surface area contributed by atoms with Crippen molar-refractivity contribution >= 4 is 39.6 Å². The van der Waals surface area contributed by atoms with Crippen molar-refractivity contribution in [1.82, 2.24) is 15.1 Å². The Morgan fingerprint density at radius 2 is 1.88 bits per heavy atom. The number of carbonyl (C=O) groups is 4. The monoisotopic (exact) mass is 629 g/mol. The van der Waals surface area contributed by atoms with Crippen LogP contribution in [0.5, 0.6) is 0 Å². The summed E-state index contributed by atoms with van der Waals surface area (Å²) in [5, 5.41) is 12.7. The number of nitrogens with zero attached hydrogens (tertiary/aromatic N) is 2. The first-order valence-corrected chi connectivity index (χ1v) is 15.0. The Balaban J connectivity index is 1.56. The van der Waals surface area contributed by atoms with Gasteiger partial charge in [0.05, 0.1) is 19.1 Å². The number of hydrogen-bond acceptors (Lipinski definition) is 7. The van der Waals surface area contributed by atoms with Gasteiger partial charge in [0.15, 0.2) is 0 Å². The van der Waals surface area contributed by atoms with E-state index < -0.39 is 47.6 Å². The molecular weight excluding hydrogens is 594 g/mol. The van der Waals surface area contributed by atoms with E-state index in [-0.39, 0.29) is 37.9 Å². The van der Waals surface area contributed by atoms with E-state index >= 15 is 0 Å². The smallest absolute Gasteiger partial charge is 0.313 e. The average molecular weight is 631 g/mol. The zero-order valence-electron chi connectivity index (χ0n) is 23.0. The van der Waals surface area contributed by atoms with E-state index in [1.54, 1.807) is 11.0 Å². The summed E-state index contributed by atoms with van der Waals surface area (Å²) in [6, 6.07) is 8.07. The highest BCUT2D eigenvalue weighted by molar-refractivity contribution is 9.11. The van der Waals surface area contributed by atoms with Gasteiger partial charge in [-0.05, 0) is 24.5 Å². The molecule has 5 bridgehead atoms. The van der Waals surface area contributed by atoms with Crippen LogP contribution in [-0.2, 0) is 28.7 Å². The molecule has 220 valence electrons. The van der Waals surface area contributed by atoms with Crippen LogP contribution in [-0.4, -0.2) is 89.1 Å². The minimum absolute atomic E-state index is 0.0646. The Kier molecular flexibility index (Phi) is 8.96. The highest BCUT2D eigenvalue weighted by Crippen LogP contribution is 2.59. The van der Waals surface area contributed by atoms with Gasteiger partial charge in [0, 0.05) is 30.5 Å². The van der Waals surface area contributed by atoms with E-state index in [1.165, 1.54) is 4.90 Å². The van der Waals surface area contributed by atoms with Gasteiger partial charge in [0.2, 0.25) is 17.7 Å². The summed E-state index contributed by atoms with van der Waals surface area (Å²) in [4.78, 5) is 57.8. The number of ether oxygens (including phenoxy) is 2. The molecule has 0 aliphatic carbocycles. The van der Waals surface area contributed by atoms with E-state index in [0.29, 0.717) is 29.6 Å². The molecule has 41 heavy (non-hydrogen) atoms. The van der Waals surface area contributed by atoms with Crippen LogP contribution in [0.15, 0.2) is 53.0 Å². The van der Waals surface area contributed by atoms with Crippen LogP contribution >= 0.6 is 15.9 Å². The van der Waals surface area contributed by atoms with Crippen LogP contribution in [0, 0.1) is 11.8 Å². The molecule has 1 aromatic rings. The number of rotatable bonds is 6. The second-order valence-corrected chi connectivity index (χ2v) is 11.8. The number of aliphatic hydroxyl groups is 1. The molecule has 4 heterocycles. The number of hydrogen-bond donors (Lipinski definition) is 2. The largest absolute Gasteiger partial charge is 0.455 e. The maximum absolute atomic E-state index is 14.2. The predicted molar refractivity (Wildman–Crippen MR) is 152 cm³/mol. The summed E-state index contributed by atoms with van der Waals surface area (Å²) in [5.41, 5.74) is -0.679. The number of β-amino-alcohol motifs (C(OH)–C–C–N with tert-alkyl or cyclic N) is 1. The molecule has 10 nitrogen and oxygen atoms in total. The summed E-state index contributed by atoms with van der Waals surface area (Å²) in [6.45, 7) is 2.47. The van der Waals surface area contributed by atoms with Gasteiger partial charge >= 0.3 is 5.97 Å². The van der Waals surface area contributed by atoms with Gasteiger partial charge in [-0.25, -0.2) is 0 Å². The normalized spacial score (nSPS) is 33.0. The maximum Gasteiger partial charge on any atom is 0.313 e. The second-order valence-electron chi connectivity index (χ2n) is 10.9. The quantitative estimate of drug-likeness (QED) is 0.365. The Morgan fingerprint density at radius 1 is 1.10 bits per heavy atom. The van der Waals surface area contributed by atoms with Crippen molar-refractivity contribution < 1.29 is 33.8 Å². The zero-order valence-corrected chi connectivity index (χ0v) is 24.6.